The summed E-state index contributed by atoms with van der Waals surface area (Å²) in [5, 5.41) is 8.79. The molecule has 5 heteroatoms. The molecule has 0 aromatic rings. The average molecular weight is 235 g/mol. The number of nitrogens with zero attached hydrogens (tertiary/aromatic N) is 1. The standard InChI is InChI=1S/C11H19F2NO2/c1-11(4-2-3-5-11)10(16)14(6-7-15)8-9(12)13/h9,15H,2-8H2,1H3. The molecule has 1 aliphatic rings. The Balaban J connectivity index is 2.65. The molecule has 1 aliphatic carbocycles. The van der Waals surface area contributed by atoms with Crippen LogP contribution in [0.2, 0.25) is 0 Å². The normalized spacial score (nSPS) is 19.1. The zero-order valence-electron chi connectivity index (χ0n) is 9.59. The summed E-state index contributed by atoms with van der Waals surface area (Å²) in [5.74, 6) is -0.237. The Morgan fingerprint density at radius 3 is 2.44 bits per heavy atom. The molecule has 1 amide bonds. The predicted octanol–water partition coefficient (Wildman–Crippen LogP) is 1.65. The molecular formula is C11H19F2NO2. The summed E-state index contributed by atoms with van der Waals surface area (Å²) in [6.07, 6.45) is 0.933. The minimum absolute atomic E-state index is 0.00123. The van der Waals surface area contributed by atoms with Crippen LogP contribution in [0.5, 0.6) is 0 Å². The van der Waals surface area contributed by atoms with Gasteiger partial charge in [-0.2, -0.15) is 0 Å². The van der Waals surface area contributed by atoms with E-state index in [2.05, 4.69) is 0 Å². The van der Waals surface area contributed by atoms with Gasteiger partial charge in [0, 0.05) is 12.0 Å². The lowest BCUT2D eigenvalue weighted by molar-refractivity contribution is -0.143. The average Bonchev–Trinajstić information content (AvgIpc) is 2.64. The third-order valence-electron chi connectivity index (χ3n) is 3.24. The molecule has 0 aromatic carbocycles. The minimum atomic E-state index is -2.54. The number of amides is 1. The Morgan fingerprint density at radius 1 is 1.44 bits per heavy atom. The van der Waals surface area contributed by atoms with Gasteiger partial charge in [0.25, 0.3) is 6.43 Å². The second-order valence-corrected chi connectivity index (χ2v) is 4.63. The molecule has 1 N–H and O–H groups in total. The monoisotopic (exact) mass is 235 g/mol. The number of aliphatic hydroxyl groups is 1. The number of halogens is 2. The highest BCUT2D eigenvalue weighted by Crippen LogP contribution is 2.39. The van der Waals surface area contributed by atoms with Crippen molar-refractivity contribution in [2.24, 2.45) is 5.41 Å². The van der Waals surface area contributed by atoms with E-state index in [1.165, 1.54) is 0 Å². The molecule has 0 radical (unpaired) electrons. The van der Waals surface area contributed by atoms with Gasteiger partial charge in [0.15, 0.2) is 0 Å². The van der Waals surface area contributed by atoms with E-state index in [1.54, 1.807) is 0 Å². The molecule has 0 atom stereocenters. The Labute approximate surface area is 94.4 Å². The van der Waals surface area contributed by atoms with Crippen LogP contribution in [0.3, 0.4) is 0 Å². The van der Waals surface area contributed by atoms with E-state index in [4.69, 9.17) is 5.11 Å². The van der Waals surface area contributed by atoms with E-state index in [0.717, 1.165) is 30.6 Å². The number of rotatable bonds is 5. The Hall–Kier alpha value is -0.710. The lowest BCUT2D eigenvalue weighted by atomic mass is 9.87. The van der Waals surface area contributed by atoms with Crippen LogP contribution in [0.1, 0.15) is 32.6 Å². The number of aliphatic hydroxyl groups excluding tert-OH is 1. The van der Waals surface area contributed by atoms with Crippen LogP contribution < -0.4 is 0 Å². The number of hydrogen-bond donors (Lipinski definition) is 1. The highest BCUT2D eigenvalue weighted by molar-refractivity contribution is 5.82. The van der Waals surface area contributed by atoms with Crippen molar-refractivity contribution in [3.63, 3.8) is 0 Å². The maximum Gasteiger partial charge on any atom is 0.255 e. The molecule has 16 heavy (non-hydrogen) atoms. The van der Waals surface area contributed by atoms with Crippen LogP contribution in [0.4, 0.5) is 8.78 Å². The fourth-order valence-corrected chi connectivity index (χ4v) is 2.31. The molecule has 0 bridgehead atoms. The lowest BCUT2D eigenvalue weighted by Crippen LogP contribution is -2.44. The van der Waals surface area contributed by atoms with E-state index >= 15 is 0 Å². The summed E-state index contributed by atoms with van der Waals surface area (Å²) < 4.78 is 24.6. The molecule has 3 nitrogen and oxygen atoms in total. The van der Waals surface area contributed by atoms with Crippen molar-refractivity contribution in [2.75, 3.05) is 19.7 Å². The van der Waals surface area contributed by atoms with Crippen LogP contribution in [-0.2, 0) is 4.79 Å². The molecule has 0 aromatic heterocycles. The summed E-state index contributed by atoms with van der Waals surface area (Å²) in [4.78, 5) is 13.2. The van der Waals surface area contributed by atoms with E-state index < -0.39 is 18.4 Å². The Kier molecular flexibility index (Phi) is 4.65. The highest BCUT2D eigenvalue weighted by atomic mass is 19.3. The quantitative estimate of drug-likeness (QED) is 0.787. The molecule has 1 fully saturated rings. The Morgan fingerprint density at radius 2 is 2.00 bits per heavy atom. The zero-order valence-corrected chi connectivity index (χ0v) is 9.59. The molecule has 1 rings (SSSR count). The Bertz CT molecular complexity index is 240. The summed E-state index contributed by atoms with van der Waals surface area (Å²) in [7, 11) is 0. The summed E-state index contributed by atoms with van der Waals surface area (Å²) in [5.41, 5.74) is -0.496. The van der Waals surface area contributed by atoms with Gasteiger partial charge >= 0.3 is 0 Å². The van der Waals surface area contributed by atoms with Crippen molar-refractivity contribution >= 4 is 5.91 Å². The smallest absolute Gasteiger partial charge is 0.255 e. The van der Waals surface area contributed by atoms with Gasteiger partial charge in [-0.05, 0) is 12.8 Å². The number of alkyl halides is 2. The van der Waals surface area contributed by atoms with Crippen molar-refractivity contribution in [2.45, 2.75) is 39.0 Å². The molecule has 0 aliphatic heterocycles. The molecular weight excluding hydrogens is 216 g/mol. The third kappa shape index (κ3) is 3.14. The van der Waals surface area contributed by atoms with Crippen LogP contribution in [-0.4, -0.2) is 42.0 Å². The lowest BCUT2D eigenvalue weighted by Gasteiger charge is -2.31. The van der Waals surface area contributed by atoms with Crippen LogP contribution in [0.15, 0.2) is 0 Å². The molecule has 1 saturated carbocycles. The largest absolute Gasteiger partial charge is 0.395 e. The topological polar surface area (TPSA) is 40.5 Å². The fraction of sp³-hybridized carbons (Fsp3) is 0.909. The molecule has 0 saturated heterocycles. The van der Waals surface area contributed by atoms with E-state index in [0.29, 0.717) is 0 Å². The summed E-state index contributed by atoms with van der Waals surface area (Å²) in [6.45, 7) is 0.987. The van der Waals surface area contributed by atoms with Crippen LogP contribution in [0, 0.1) is 5.41 Å². The van der Waals surface area contributed by atoms with Crippen molar-refractivity contribution in [3.05, 3.63) is 0 Å². The van der Waals surface area contributed by atoms with Crippen molar-refractivity contribution in [1.82, 2.24) is 4.90 Å². The van der Waals surface area contributed by atoms with Gasteiger partial charge < -0.3 is 10.0 Å². The van der Waals surface area contributed by atoms with Gasteiger partial charge in [-0.25, -0.2) is 8.78 Å². The van der Waals surface area contributed by atoms with Gasteiger partial charge in [0.2, 0.25) is 5.91 Å². The SMILES string of the molecule is CC1(C(=O)N(CCO)CC(F)F)CCCC1. The second-order valence-electron chi connectivity index (χ2n) is 4.63. The maximum atomic E-state index is 12.3. The number of carbonyl (C=O) groups excluding carboxylic acids is 1. The molecule has 0 heterocycles. The van der Waals surface area contributed by atoms with Crippen molar-refractivity contribution in [1.29, 1.82) is 0 Å². The molecule has 0 spiro atoms. The second kappa shape index (κ2) is 5.57. The van der Waals surface area contributed by atoms with E-state index in [-0.39, 0.29) is 19.1 Å². The van der Waals surface area contributed by atoms with Gasteiger partial charge in [0.1, 0.15) is 0 Å². The first kappa shape index (κ1) is 13.4. The zero-order chi connectivity index (χ0) is 12.2. The fourth-order valence-electron chi connectivity index (χ4n) is 2.31. The minimum Gasteiger partial charge on any atom is -0.395 e. The van der Waals surface area contributed by atoms with Gasteiger partial charge in [0.05, 0.1) is 13.2 Å². The van der Waals surface area contributed by atoms with Crippen LogP contribution in [0.25, 0.3) is 0 Å². The molecule has 94 valence electrons. The first-order chi connectivity index (χ1) is 7.49. The predicted molar refractivity (Wildman–Crippen MR) is 56.2 cm³/mol. The summed E-state index contributed by atoms with van der Waals surface area (Å²) >= 11 is 0. The van der Waals surface area contributed by atoms with Crippen molar-refractivity contribution in [3.8, 4) is 0 Å². The molecule has 0 unspecified atom stereocenters. The van der Waals surface area contributed by atoms with Gasteiger partial charge in [-0.3, -0.25) is 4.79 Å². The van der Waals surface area contributed by atoms with E-state index in [1.807, 2.05) is 6.92 Å². The summed E-state index contributed by atoms with van der Waals surface area (Å²) in [6, 6.07) is 0. The van der Waals surface area contributed by atoms with E-state index in [9.17, 15) is 13.6 Å². The van der Waals surface area contributed by atoms with Gasteiger partial charge in [-0.1, -0.05) is 19.8 Å². The maximum absolute atomic E-state index is 12.3. The number of carbonyl (C=O) groups is 1. The third-order valence-corrected chi connectivity index (χ3v) is 3.24. The van der Waals surface area contributed by atoms with Gasteiger partial charge in [-0.15, -0.1) is 0 Å². The first-order valence-corrected chi connectivity index (χ1v) is 5.68. The highest BCUT2D eigenvalue weighted by Gasteiger charge is 2.39. The van der Waals surface area contributed by atoms with Crippen LogP contribution >= 0.6 is 0 Å². The van der Waals surface area contributed by atoms with Crippen molar-refractivity contribution < 1.29 is 18.7 Å². The number of hydrogen-bond acceptors (Lipinski definition) is 2. The first-order valence-electron chi connectivity index (χ1n) is 5.68.